The molecule has 2 aromatic carbocycles. The van der Waals surface area contributed by atoms with Crippen LogP contribution in [-0.4, -0.2) is 101 Å². The number of carbonyl (C=O) groups excluding carboxylic acids is 2. The molecule has 0 bridgehead atoms. The number of carbonyl (C=O) groups is 2. The molecule has 52 heavy (non-hydrogen) atoms. The molecule has 4 N–H and O–H groups in total. The van der Waals surface area contributed by atoms with E-state index in [2.05, 4.69) is 33.2 Å². The van der Waals surface area contributed by atoms with Crippen LogP contribution in [0, 0.1) is 0 Å². The monoisotopic (exact) mass is 714 g/mol. The predicted molar refractivity (Wildman–Crippen MR) is 194 cm³/mol. The molecule has 0 saturated carbocycles. The van der Waals surface area contributed by atoms with Crippen LogP contribution in [0.4, 0.5) is 11.8 Å². The number of benzene rings is 2. The first-order chi connectivity index (χ1) is 25.4. The van der Waals surface area contributed by atoms with Crippen molar-refractivity contribution in [1.29, 1.82) is 0 Å². The maximum Gasteiger partial charge on any atom is 0.292 e. The number of oxazole rings is 1. The van der Waals surface area contributed by atoms with Crippen LogP contribution in [-0.2, 0) is 48.0 Å². The molecule has 0 saturated heterocycles. The third-order valence-corrected chi connectivity index (χ3v) is 8.92. The van der Waals surface area contributed by atoms with Crippen molar-refractivity contribution in [3.05, 3.63) is 59.4 Å². The molecule has 1 aliphatic heterocycles. The highest BCUT2D eigenvalue weighted by Gasteiger charge is 2.22. The van der Waals surface area contributed by atoms with Gasteiger partial charge in [0.05, 0.1) is 64.6 Å². The lowest BCUT2D eigenvalue weighted by atomic mass is 9.97. The van der Waals surface area contributed by atoms with Crippen LogP contribution in [0.25, 0.3) is 33.4 Å². The van der Waals surface area contributed by atoms with Gasteiger partial charge in [0.25, 0.3) is 6.01 Å². The Balaban J connectivity index is 0.916. The third kappa shape index (κ3) is 9.47. The molecule has 1 amide bonds. The number of rotatable bonds is 20. The summed E-state index contributed by atoms with van der Waals surface area (Å²) in [5, 5.41) is 5.58. The molecular weight excluding hydrogens is 668 g/mol. The lowest BCUT2D eigenvalue weighted by molar-refractivity contribution is -0.133. The van der Waals surface area contributed by atoms with E-state index in [0.717, 1.165) is 29.5 Å². The van der Waals surface area contributed by atoms with Gasteiger partial charge in [-0.15, -0.1) is 0 Å². The van der Waals surface area contributed by atoms with Crippen LogP contribution < -0.4 is 11.5 Å². The van der Waals surface area contributed by atoms with Gasteiger partial charge in [-0.2, -0.15) is 10.1 Å². The van der Waals surface area contributed by atoms with Crippen molar-refractivity contribution >= 4 is 45.7 Å². The van der Waals surface area contributed by atoms with Gasteiger partial charge in [-0.05, 0) is 47.7 Å². The van der Waals surface area contributed by atoms with E-state index in [1.807, 2.05) is 28.6 Å². The summed E-state index contributed by atoms with van der Waals surface area (Å²) in [7, 11) is 0. The molecule has 0 radical (unpaired) electrons. The molecular formula is C37H46N8O7. The Hall–Kier alpha value is -4.96. The van der Waals surface area contributed by atoms with Gasteiger partial charge in [0, 0.05) is 38.1 Å². The maximum atomic E-state index is 12.9. The molecule has 0 atom stereocenters. The van der Waals surface area contributed by atoms with E-state index < -0.39 is 0 Å². The topological polar surface area (TPSA) is 196 Å². The average molecular weight is 715 g/mol. The molecule has 5 aromatic rings. The molecule has 0 fully saturated rings. The lowest BCUT2D eigenvalue weighted by Crippen LogP contribution is -2.36. The minimum atomic E-state index is 0.0718. The number of fused-ring (bicyclic) bond motifs is 3. The van der Waals surface area contributed by atoms with Crippen molar-refractivity contribution in [2.75, 3.05) is 70.9 Å². The minimum absolute atomic E-state index is 0.0718. The maximum absolute atomic E-state index is 12.9. The quantitative estimate of drug-likeness (QED) is 0.110. The highest BCUT2D eigenvalue weighted by molar-refractivity contribution is 5.99. The molecule has 276 valence electrons. The zero-order valence-corrected chi connectivity index (χ0v) is 29.6. The van der Waals surface area contributed by atoms with Crippen molar-refractivity contribution < 1.29 is 33.0 Å². The zero-order valence-electron chi connectivity index (χ0n) is 29.6. The third-order valence-electron chi connectivity index (χ3n) is 8.92. The number of nitrogens with zero attached hydrogens (tertiary/aromatic N) is 6. The second-order valence-corrected chi connectivity index (χ2v) is 12.6. The molecule has 4 heterocycles. The van der Waals surface area contributed by atoms with Crippen LogP contribution in [0.15, 0.2) is 47.1 Å². The number of aromatic nitrogens is 5. The number of anilines is 2. The second kappa shape index (κ2) is 18.0. The summed E-state index contributed by atoms with van der Waals surface area (Å²) in [6.45, 7) is 7.25. The van der Waals surface area contributed by atoms with E-state index in [4.69, 9.17) is 39.9 Å². The van der Waals surface area contributed by atoms with Crippen LogP contribution in [0.1, 0.15) is 49.3 Å². The largest absolute Gasteiger partial charge is 0.424 e. The fourth-order valence-corrected chi connectivity index (χ4v) is 6.15. The predicted octanol–water partition coefficient (Wildman–Crippen LogP) is 3.95. The highest BCUT2D eigenvalue weighted by atomic mass is 16.6. The molecule has 1 aliphatic rings. The van der Waals surface area contributed by atoms with Crippen molar-refractivity contribution in [3.63, 3.8) is 0 Å². The number of hydrogen-bond donors (Lipinski definition) is 2. The van der Waals surface area contributed by atoms with Crippen LogP contribution >= 0.6 is 0 Å². The Labute approximate surface area is 301 Å². The first-order valence-electron chi connectivity index (χ1n) is 17.7. The lowest BCUT2D eigenvalue weighted by Gasteiger charge is -2.29. The molecule has 6 rings (SSSR count). The summed E-state index contributed by atoms with van der Waals surface area (Å²) in [6, 6.07) is 12.0. The number of ether oxygens (including phenoxy) is 4. The number of nitrogen functional groups attached to an aromatic ring is 2. The molecule has 0 aliphatic carbocycles. The van der Waals surface area contributed by atoms with Crippen LogP contribution in [0.3, 0.4) is 0 Å². The van der Waals surface area contributed by atoms with Crippen LogP contribution in [0.2, 0.25) is 0 Å². The molecule has 3 aromatic heterocycles. The smallest absolute Gasteiger partial charge is 0.292 e. The summed E-state index contributed by atoms with van der Waals surface area (Å²) < 4.78 is 29.4. The van der Waals surface area contributed by atoms with E-state index in [1.165, 1.54) is 11.9 Å². The van der Waals surface area contributed by atoms with Gasteiger partial charge >= 0.3 is 0 Å². The van der Waals surface area contributed by atoms with Crippen molar-refractivity contribution in [1.82, 2.24) is 29.6 Å². The van der Waals surface area contributed by atoms with Crippen molar-refractivity contribution in [2.24, 2.45) is 0 Å². The van der Waals surface area contributed by atoms with Crippen LogP contribution in [0.5, 0.6) is 0 Å². The van der Waals surface area contributed by atoms with Crippen molar-refractivity contribution in [2.45, 2.75) is 52.1 Å². The Kier molecular flexibility index (Phi) is 12.7. The van der Waals surface area contributed by atoms with E-state index in [1.54, 1.807) is 6.07 Å². The summed E-state index contributed by atoms with van der Waals surface area (Å²) >= 11 is 0. The Morgan fingerprint density at radius 1 is 0.865 bits per heavy atom. The number of amides is 1. The first-order valence-corrected chi connectivity index (χ1v) is 17.7. The molecule has 0 unspecified atom stereocenters. The van der Waals surface area contributed by atoms with Crippen molar-refractivity contribution in [3.8, 4) is 11.3 Å². The SMILES string of the molecule is CCC(=O)CCCOCCOCCOCCOCCC(=O)N1CCc2cc(Cn3nc(-c4ccc5oc(N)nc5c4)c4c(N)ncnc43)ccc2C1. The summed E-state index contributed by atoms with van der Waals surface area (Å²) in [4.78, 5) is 39.1. The highest BCUT2D eigenvalue weighted by Crippen LogP contribution is 2.33. The van der Waals surface area contributed by atoms with Gasteiger partial charge in [0.1, 0.15) is 29.1 Å². The minimum Gasteiger partial charge on any atom is -0.424 e. The van der Waals surface area contributed by atoms with E-state index in [0.29, 0.717) is 125 Å². The number of Topliss-reactive ketones (excluding diaryl/α,β-unsaturated/α-hetero) is 1. The van der Waals surface area contributed by atoms with E-state index in [-0.39, 0.29) is 17.7 Å². The van der Waals surface area contributed by atoms with E-state index in [9.17, 15) is 9.59 Å². The first kappa shape index (κ1) is 36.8. The van der Waals surface area contributed by atoms with Gasteiger partial charge in [0.15, 0.2) is 11.2 Å². The summed E-state index contributed by atoms with van der Waals surface area (Å²) in [6.07, 6.45) is 4.42. The Morgan fingerprint density at radius 2 is 1.62 bits per heavy atom. The number of ketones is 1. The zero-order chi connectivity index (χ0) is 36.3. The fourth-order valence-electron chi connectivity index (χ4n) is 6.15. The van der Waals surface area contributed by atoms with Gasteiger partial charge in [0.2, 0.25) is 5.91 Å². The normalized spacial score (nSPS) is 12.9. The Morgan fingerprint density at radius 3 is 2.38 bits per heavy atom. The standard InChI is InChI=1S/C37H46N8O7/c1-2-29(46)4-3-12-48-14-16-50-18-19-51-17-15-49-13-10-32(47)44-11-9-26-20-25(5-6-28(26)23-44)22-45-36-33(35(38)40-24-41-36)34(43-45)27-7-8-31-30(21-27)42-37(39)52-31/h5-8,20-21,24H,2-4,9-19,22-23H2,1H3,(H2,39,42)(H2,38,40,41). The number of nitrogens with two attached hydrogens (primary N) is 2. The van der Waals surface area contributed by atoms with Gasteiger partial charge < -0.3 is 39.7 Å². The molecule has 15 heteroatoms. The number of hydrogen-bond acceptors (Lipinski definition) is 13. The molecule has 15 nitrogen and oxygen atoms in total. The van der Waals surface area contributed by atoms with Gasteiger partial charge in [-0.3, -0.25) is 9.59 Å². The summed E-state index contributed by atoms with van der Waals surface area (Å²) in [5.74, 6) is 0.677. The fraction of sp³-hybridized carbons (Fsp3) is 0.459. The van der Waals surface area contributed by atoms with E-state index >= 15 is 0 Å². The summed E-state index contributed by atoms with van der Waals surface area (Å²) in [5.41, 5.74) is 18.8. The van der Waals surface area contributed by atoms with Gasteiger partial charge in [-0.25, -0.2) is 14.6 Å². The second-order valence-electron chi connectivity index (χ2n) is 12.6. The van der Waals surface area contributed by atoms with Gasteiger partial charge in [-0.1, -0.05) is 25.1 Å². The molecule has 0 spiro atoms. The average Bonchev–Trinajstić information content (AvgIpc) is 3.72. The Bertz CT molecular complexity index is 1980.